The van der Waals surface area contributed by atoms with Crippen molar-refractivity contribution >= 4 is 29.1 Å². The SMILES string of the molecule is COc1cc(OC)c(/C(O)=C2\C(=O)C(=O)N(CCN(C)C)C2c2ccc(OC(C)C)c(OC)c2)cc1Cl. The first-order valence-electron chi connectivity index (χ1n) is 11.7. The fraction of sp³-hybridized carbons (Fsp3) is 0.407. The molecule has 1 N–H and O–H groups in total. The van der Waals surface area contributed by atoms with Gasteiger partial charge in [0.1, 0.15) is 17.3 Å². The third kappa shape index (κ3) is 5.78. The van der Waals surface area contributed by atoms with Gasteiger partial charge in [-0.15, -0.1) is 0 Å². The maximum absolute atomic E-state index is 13.4. The van der Waals surface area contributed by atoms with Gasteiger partial charge in [-0.25, -0.2) is 0 Å². The fourth-order valence-electron chi connectivity index (χ4n) is 4.16. The second-order valence-electron chi connectivity index (χ2n) is 9.06. The highest BCUT2D eigenvalue weighted by Gasteiger charge is 2.46. The number of aliphatic hydroxyl groups excluding tert-OH is 1. The highest BCUT2D eigenvalue weighted by molar-refractivity contribution is 6.46. The highest BCUT2D eigenvalue weighted by Crippen LogP contribution is 2.44. The molecule has 1 fully saturated rings. The minimum absolute atomic E-state index is 0.0807. The van der Waals surface area contributed by atoms with Crippen LogP contribution in [0.1, 0.15) is 31.0 Å². The molecule has 1 unspecified atom stereocenters. The Morgan fingerprint density at radius 2 is 1.65 bits per heavy atom. The number of carbonyl (C=O) groups is 2. The predicted molar refractivity (Wildman–Crippen MR) is 141 cm³/mol. The topological polar surface area (TPSA) is 97.8 Å². The summed E-state index contributed by atoms with van der Waals surface area (Å²) in [6.45, 7) is 4.56. The molecule has 10 heteroatoms. The van der Waals surface area contributed by atoms with Crippen LogP contribution in [0.5, 0.6) is 23.0 Å². The average Bonchev–Trinajstić information content (AvgIpc) is 3.11. The van der Waals surface area contributed by atoms with Crippen LogP contribution >= 0.6 is 11.6 Å². The van der Waals surface area contributed by atoms with Crippen molar-refractivity contribution in [1.82, 2.24) is 9.80 Å². The highest BCUT2D eigenvalue weighted by atomic mass is 35.5. The maximum atomic E-state index is 13.4. The molecule has 0 aromatic heterocycles. The van der Waals surface area contributed by atoms with E-state index in [1.165, 1.54) is 38.4 Å². The number of ether oxygens (including phenoxy) is 4. The van der Waals surface area contributed by atoms with E-state index in [4.69, 9.17) is 30.5 Å². The van der Waals surface area contributed by atoms with Crippen molar-refractivity contribution in [2.45, 2.75) is 26.0 Å². The van der Waals surface area contributed by atoms with Crippen molar-refractivity contribution in [1.29, 1.82) is 0 Å². The van der Waals surface area contributed by atoms with Gasteiger partial charge in [0.15, 0.2) is 11.5 Å². The van der Waals surface area contributed by atoms with Crippen LogP contribution in [0.2, 0.25) is 5.02 Å². The number of rotatable bonds is 10. The van der Waals surface area contributed by atoms with Crippen molar-refractivity contribution in [3.63, 3.8) is 0 Å². The number of hydrogen-bond donors (Lipinski definition) is 1. The third-order valence-corrected chi connectivity index (χ3v) is 6.22. The van der Waals surface area contributed by atoms with Gasteiger partial charge < -0.3 is 33.9 Å². The number of likely N-dealkylation sites (tertiary alicyclic amines) is 1. The van der Waals surface area contributed by atoms with Crippen LogP contribution in [0.3, 0.4) is 0 Å². The van der Waals surface area contributed by atoms with Gasteiger partial charge in [0, 0.05) is 19.2 Å². The normalized spacial score (nSPS) is 17.0. The zero-order valence-corrected chi connectivity index (χ0v) is 22.9. The number of aliphatic hydroxyl groups is 1. The van der Waals surface area contributed by atoms with E-state index < -0.39 is 23.5 Å². The second kappa shape index (κ2) is 11.7. The molecule has 200 valence electrons. The Bertz CT molecular complexity index is 1210. The van der Waals surface area contributed by atoms with Crippen LogP contribution in [-0.4, -0.2) is 81.2 Å². The van der Waals surface area contributed by atoms with Gasteiger partial charge in [-0.2, -0.15) is 0 Å². The summed E-state index contributed by atoms with van der Waals surface area (Å²) in [6.07, 6.45) is -0.0854. The van der Waals surface area contributed by atoms with Gasteiger partial charge >= 0.3 is 0 Å². The Morgan fingerprint density at radius 3 is 2.22 bits per heavy atom. The van der Waals surface area contributed by atoms with E-state index in [0.717, 1.165) is 0 Å². The fourth-order valence-corrected chi connectivity index (χ4v) is 4.40. The molecule has 3 rings (SSSR count). The number of methoxy groups -OCH3 is 3. The molecule has 37 heavy (non-hydrogen) atoms. The van der Waals surface area contributed by atoms with Crippen molar-refractivity contribution < 1.29 is 33.6 Å². The summed E-state index contributed by atoms with van der Waals surface area (Å²) in [6, 6.07) is 7.26. The summed E-state index contributed by atoms with van der Waals surface area (Å²) in [4.78, 5) is 29.9. The molecule has 2 aromatic rings. The number of ketones is 1. The van der Waals surface area contributed by atoms with Gasteiger partial charge in [0.2, 0.25) is 0 Å². The zero-order chi connectivity index (χ0) is 27.4. The second-order valence-corrected chi connectivity index (χ2v) is 9.47. The number of amides is 1. The van der Waals surface area contributed by atoms with E-state index in [1.807, 2.05) is 32.8 Å². The Balaban J connectivity index is 2.25. The average molecular weight is 533 g/mol. The number of benzene rings is 2. The summed E-state index contributed by atoms with van der Waals surface area (Å²) < 4.78 is 22.0. The molecular weight excluding hydrogens is 500 g/mol. The monoisotopic (exact) mass is 532 g/mol. The molecule has 1 aliphatic heterocycles. The largest absolute Gasteiger partial charge is 0.507 e. The lowest BCUT2D eigenvalue weighted by Crippen LogP contribution is -2.35. The van der Waals surface area contributed by atoms with E-state index in [2.05, 4.69) is 0 Å². The summed E-state index contributed by atoms with van der Waals surface area (Å²) in [7, 11) is 8.13. The molecular formula is C27H33ClN2O7. The summed E-state index contributed by atoms with van der Waals surface area (Å²) in [5.41, 5.74) is 0.657. The van der Waals surface area contributed by atoms with Crippen LogP contribution in [0.25, 0.3) is 5.76 Å². The number of Topliss-reactive ketones (excluding diaryl/α,β-unsaturated/α-hetero) is 1. The Kier molecular flexibility index (Phi) is 8.94. The molecule has 1 atom stereocenters. The van der Waals surface area contributed by atoms with E-state index in [-0.39, 0.29) is 34.6 Å². The number of nitrogens with zero attached hydrogens (tertiary/aromatic N) is 2. The van der Waals surface area contributed by atoms with Gasteiger partial charge in [0.25, 0.3) is 11.7 Å². The molecule has 2 aromatic carbocycles. The lowest BCUT2D eigenvalue weighted by atomic mass is 9.94. The van der Waals surface area contributed by atoms with Gasteiger partial charge in [-0.1, -0.05) is 17.7 Å². The van der Waals surface area contributed by atoms with Crippen LogP contribution < -0.4 is 18.9 Å². The lowest BCUT2D eigenvalue weighted by Gasteiger charge is -2.27. The molecule has 0 radical (unpaired) electrons. The summed E-state index contributed by atoms with van der Waals surface area (Å²) in [5.74, 6) is -0.396. The van der Waals surface area contributed by atoms with Crippen molar-refractivity contribution in [2.24, 2.45) is 0 Å². The molecule has 1 saturated heterocycles. The Hall–Kier alpha value is -3.43. The lowest BCUT2D eigenvalue weighted by molar-refractivity contribution is -0.140. The zero-order valence-electron chi connectivity index (χ0n) is 22.1. The van der Waals surface area contributed by atoms with Crippen LogP contribution in [0, 0.1) is 0 Å². The molecule has 0 aliphatic carbocycles. The number of likely N-dealkylation sites (N-methyl/N-ethyl adjacent to an activating group) is 1. The Labute approximate surface area is 222 Å². The van der Waals surface area contributed by atoms with Crippen molar-refractivity contribution in [2.75, 3.05) is 48.5 Å². The summed E-state index contributed by atoms with van der Waals surface area (Å²) >= 11 is 6.33. The predicted octanol–water partition coefficient (Wildman–Crippen LogP) is 4.14. The first kappa shape index (κ1) is 28.1. The molecule has 1 aliphatic rings. The maximum Gasteiger partial charge on any atom is 0.295 e. The number of hydrogen-bond acceptors (Lipinski definition) is 8. The molecule has 0 saturated carbocycles. The van der Waals surface area contributed by atoms with Crippen LogP contribution in [0.15, 0.2) is 35.9 Å². The minimum atomic E-state index is -0.882. The molecule has 9 nitrogen and oxygen atoms in total. The molecule has 0 spiro atoms. The van der Waals surface area contributed by atoms with E-state index in [9.17, 15) is 14.7 Å². The number of carbonyl (C=O) groups excluding carboxylic acids is 2. The third-order valence-electron chi connectivity index (χ3n) is 5.92. The quantitative estimate of drug-likeness (QED) is 0.277. The van der Waals surface area contributed by atoms with Crippen LogP contribution in [0.4, 0.5) is 0 Å². The molecule has 1 amide bonds. The number of halogens is 1. The first-order chi connectivity index (χ1) is 17.5. The standard InChI is InChI=1S/C27H33ClN2O7/c1-15(2)37-19-9-8-16(12-22(19)36-7)24-23(26(32)27(33)30(24)11-10-29(3)4)25(31)17-13-18(28)21(35-6)14-20(17)34-5/h8-9,12-15,24,31H,10-11H2,1-7H3/b25-23+. The van der Waals surface area contributed by atoms with E-state index >= 15 is 0 Å². The van der Waals surface area contributed by atoms with Crippen molar-refractivity contribution in [3.05, 3.63) is 52.1 Å². The van der Waals surface area contributed by atoms with E-state index in [0.29, 0.717) is 29.4 Å². The molecule has 0 bridgehead atoms. The van der Waals surface area contributed by atoms with Crippen molar-refractivity contribution in [3.8, 4) is 23.0 Å². The Morgan fingerprint density at radius 1 is 1.00 bits per heavy atom. The first-order valence-corrected chi connectivity index (χ1v) is 12.1. The van der Waals surface area contributed by atoms with E-state index in [1.54, 1.807) is 18.2 Å². The summed E-state index contributed by atoms with van der Waals surface area (Å²) in [5, 5.41) is 11.7. The molecule has 1 heterocycles. The van der Waals surface area contributed by atoms with Crippen LogP contribution in [-0.2, 0) is 9.59 Å². The minimum Gasteiger partial charge on any atom is -0.507 e. The van der Waals surface area contributed by atoms with Gasteiger partial charge in [0.05, 0.1) is 49.6 Å². The smallest absolute Gasteiger partial charge is 0.295 e. The van der Waals surface area contributed by atoms with Gasteiger partial charge in [-0.3, -0.25) is 9.59 Å². The van der Waals surface area contributed by atoms with Gasteiger partial charge in [-0.05, 0) is 51.7 Å².